The first-order valence-corrected chi connectivity index (χ1v) is 8.77. The molecule has 2 aromatic rings. The number of aryl methyl sites for hydroxylation is 1. The zero-order valence-corrected chi connectivity index (χ0v) is 14.4. The average molecular weight is 385 g/mol. The fourth-order valence-electron chi connectivity index (χ4n) is 2.83. The Morgan fingerprint density at radius 3 is 2.42 bits per heavy atom. The molecule has 26 heavy (non-hydrogen) atoms. The monoisotopic (exact) mass is 385 g/mol. The molecule has 1 aliphatic rings. The Hall–Kier alpha value is -2.06. The van der Waals surface area contributed by atoms with Gasteiger partial charge in [-0.2, -0.15) is 13.2 Å². The minimum Gasteiger partial charge on any atom is -0.379 e. The largest absolute Gasteiger partial charge is 0.418 e. The third kappa shape index (κ3) is 3.57. The standard InChI is InChI=1S/C18H15F4NO2S/c1-10-8-12(16(24)18(20,21)22)4-7-14(10)23-9-26-15(17(23)25)11-2-5-13(19)6-3-11/h2-8,15-16,24H,9H2,1H3. The molecule has 3 rings (SSSR count). The average Bonchev–Trinajstić information content (AvgIpc) is 2.95. The zero-order valence-electron chi connectivity index (χ0n) is 13.6. The molecule has 8 heteroatoms. The Kier molecular flexibility index (Phi) is 4.98. The predicted molar refractivity (Wildman–Crippen MR) is 91.3 cm³/mol. The second-order valence-corrected chi connectivity index (χ2v) is 7.05. The van der Waals surface area contributed by atoms with Crippen LogP contribution >= 0.6 is 11.8 Å². The maximum atomic E-state index is 13.0. The van der Waals surface area contributed by atoms with Crippen LogP contribution in [0.1, 0.15) is 28.0 Å². The van der Waals surface area contributed by atoms with Crippen LogP contribution in [0.2, 0.25) is 0 Å². The van der Waals surface area contributed by atoms with E-state index in [0.717, 1.165) is 0 Å². The number of thioether (sulfide) groups is 1. The van der Waals surface area contributed by atoms with Crippen molar-refractivity contribution >= 4 is 23.4 Å². The number of benzene rings is 2. The topological polar surface area (TPSA) is 40.5 Å². The molecule has 2 atom stereocenters. The smallest absolute Gasteiger partial charge is 0.379 e. The van der Waals surface area contributed by atoms with Crippen LogP contribution in [0.5, 0.6) is 0 Å². The summed E-state index contributed by atoms with van der Waals surface area (Å²) < 4.78 is 51.0. The number of carbonyl (C=O) groups is 1. The van der Waals surface area contributed by atoms with E-state index in [0.29, 0.717) is 22.7 Å². The summed E-state index contributed by atoms with van der Waals surface area (Å²) in [5.74, 6) is -0.271. The van der Waals surface area contributed by atoms with E-state index in [9.17, 15) is 27.5 Å². The molecule has 1 fully saturated rings. The number of aliphatic hydroxyl groups is 1. The molecule has 0 aliphatic carbocycles. The summed E-state index contributed by atoms with van der Waals surface area (Å²) in [4.78, 5) is 14.2. The molecule has 3 nitrogen and oxygen atoms in total. The van der Waals surface area contributed by atoms with Gasteiger partial charge in [-0.3, -0.25) is 4.79 Å². The zero-order chi connectivity index (χ0) is 19.1. The quantitative estimate of drug-likeness (QED) is 0.791. The molecule has 1 heterocycles. The van der Waals surface area contributed by atoms with Crippen LogP contribution in [0.25, 0.3) is 0 Å². The molecule has 138 valence electrons. The van der Waals surface area contributed by atoms with Crippen molar-refractivity contribution in [2.24, 2.45) is 0 Å². The van der Waals surface area contributed by atoms with Crippen LogP contribution in [-0.2, 0) is 4.79 Å². The molecule has 2 aromatic carbocycles. The Labute approximate surface area is 151 Å². The van der Waals surface area contributed by atoms with E-state index >= 15 is 0 Å². The highest BCUT2D eigenvalue weighted by Crippen LogP contribution is 2.41. The number of carbonyl (C=O) groups excluding carboxylic acids is 1. The van der Waals surface area contributed by atoms with Crippen LogP contribution < -0.4 is 4.90 Å². The van der Waals surface area contributed by atoms with Crippen molar-refractivity contribution in [2.75, 3.05) is 10.8 Å². The third-order valence-electron chi connectivity index (χ3n) is 4.17. The maximum absolute atomic E-state index is 13.0. The van der Waals surface area contributed by atoms with E-state index in [1.54, 1.807) is 19.1 Å². The lowest BCUT2D eigenvalue weighted by Gasteiger charge is -2.21. The van der Waals surface area contributed by atoms with Gasteiger partial charge in [-0.25, -0.2) is 4.39 Å². The van der Waals surface area contributed by atoms with E-state index in [1.165, 1.54) is 47.0 Å². The first-order valence-electron chi connectivity index (χ1n) is 7.72. The summed E-state index contributed by atoms with van der Waals surface area (Å²) in [5.41, 5.74) is 1.35. The number of aliphatic hydroxyl groups excluding tert-OH is 1. The van der Waals surface area contributed by atoms with Gasteiger partial charge < -0.3 is 10.0 Å². The molecule has 1 amide bonds. The first kappa shape index (κ1) is 18.7. The van der Waals surface area contributed by atoms with Crippen molar-refractivity contribution in [3.63, 3.8) is 0 Å². The van der Waals surface area contributed by atoms with Crippen LogP contribution in [0, 0.1) is 12.7 Å². The number of rotatable bonds is 3. The fraction of sp³-hybridized carbons (Fsp3) is 0.278. The van der Waals surface area contributed by atoms with Crippen molar-refractivity contribution < 1.29 is 27.5 Å². The summed E-state index contributed by atoms with van der Waals surface area (Å²) in [7, 11) is 0. The van der Waals surface area contributed by atoms with Crippen LogP contribution in [-0.4, -0.2) is 23.1 Å². The minimum absolute atomic E-state index is 0.214. The van der Waals surface area contributed by atoms with Crippen molar-refractivity contribution in [3.05, 3.63) is 65.0 Å². The van der Waals surface area contributed by atoms with Gasteiger partial charge in [-0.1, -0.05) is 24.3 Å². The number of halogens is 4. The normalized spacial score (nSPS) is 19.1. The van der Waals surface area contributed by atoms with E-state index in [-0.39, 0.29) is 11.5 Å². The number of anilines is 1. The molecule has 0 aromatic heterocycles. The van der Waals surface area contributed by atoms with Gasteiger partial charge in [0, 0.05) is 5.69 Å². The number of nitrogens with zero attached hydrogens (tertiary/aromatic N) is 1. The van der Waals surface area contributed by atoms with Crippen molar-refractivity contribution in [2.45, 2.75) is 24.5 Å². The van der Waals surface area contributed by atoms with Gasteiger partial charge in [0.15, 0.2) is 6.10 Å². The van der Waals surface area contributed by atoms with Gasteiger partial charge in [0.25, 0.3) is 0 Å². The van der Waals surface area contributed by atoms with Crippen LogP contribution in [0.15, 0.2) is 42.5 Å². The first-order chi connectivity index (χ1) is 12.2. The molecule has 1 aliphatic heterocycles. The Bertz CT molecular complexity index is 823. The second-order valence-electron chi connectivity index (χ2n) is 5.98. The van der Waals surface area contributed by atoms with Crippen LogP contribution in [0.4, 0.5) is 23.2 Å². The summed E-state index contributed by atoms with van der Waals surface area (Å²) >= 11 is 1.36. The molecule has 1 saturated heterocycles. The van der Waals surface area contributed by atoms with Gasteiger partial charge in [0.1, 0.15) is 11.1 Å². The van der Waals surface area contributed by atoms with Gasteiger partial charge in [-0.05, 0) is 41.8 Å². The summed E-state index contributed by atoms with van der Waals surface area (Å²) in [6, 6.07) is 9.47. The van der Waals surface area contributed by atoms with Crippen molar-refractivity contribution in [3.8, 4) is 0 Å². The van der Waals surface area contributed by atoms with Gasteiger partial charge in [0.2, 0.25) is 5.91 Å². The van der Waals surface area contributed by atoms with Gasteiger partial charge in [-0.15, -0.1) is 11.8 Å². The molecule has 0 radical (unpaired) electrons. The van der Waals surface area contributed by atoms with Gasteiger partial charge >= 0.3 is 6.18 Å². The number of hydrogen-bond donors (Lipinski definition) is 1. The SMILES string of the molecule is Cc1cc(C(O)C(F)(F)F)ccc1N1CSC(c2ccc(F)cc2)C1=O. The lowest BCUT2D eigenvalue weighted by molar-refractivity contribution is -0.206. The van der Waals surface area contributed by atoms with Crippen LogP contribution in [0.3, 0.4) is 0 Å². The fourth-order valence-corrected chi connectivity index (χ4v) is 4.01. The molecular weight excluding hydrogens is 370 g/mol. The predicted octanol–water partition coefficient (Wildman–Crippen LogP) is 4.51. The van der Waals surface area contributed by atoms with Gasteiger partial charge in [0.05, 0.1) is 5.88 Å². The lowest BCUT2D eigenvalue weighted by atomic mass is 10.0. The number of hydrogen-bond acceptors (Lipinski definition) is 3. The highest BCUT2D eigenvalue weighted by Gasteiger charge is 2.40. The lowest BCUT2D eigenvalue weighted by Crippen LogP contribution is -2.27. The van der Waals surface area contributed by atoms with E-state index in [1.807, 2.05) is 0 Å². The van der Waals surface area contributed by atoms with Crippen molar-refractivity contribution in [1.82, 2.24) is 0 Å². The second kappa shape index (κ2) is 6.92. The summed E-state index contributed by atoms with van der Waals surface area (Å²) in [6.45, 7) is 1.59. The molecule has 0 saturated carbocycles. The van der Waals surface area contributed by atoms with E-state index in [2.05, 4.69) is 0 Å². The Balaban J connectivity index is 1.84. The summed E-state index contributed by atoms with van der Waals surface area (Å²) in [6.07, 6.45) is -7.31. The molecule has 0 bridgehead atoms. The molecule has 0 spiro atoms. The van der Waals surface area contributed by atoms with Crippen molar-refractivity contribution in [1.29, 1.82) is 0 Å². The highest BCUT2D eigenvalue weighted by molar-refractivity contribution is 8.00. The minimum atomic E-state index is -4.75. The molecular formula is C18H15F4NO2S. The summed E-state index contributed by atoms with van der Waals surface area (Å²) in [5, 5.41) is 8.87. The molecule has 1 N–H and O–H groups in total. The number of amides is 1. The Morgan fingerprint density at radius 1 is 1.19 bits per heavy atom. The highest BCUT2D eigenvalue weighted by atomic mass is 32.2. The molecule has 2 unspecified atom stereocenters. The Morgan fingerprint density at radius 2 is 1.85 bits per heavy atom. The van der Waals surface area contributed by atoms with E-state index in [4.69, 9.17) is 0 Å². The maximum Gasteiger partial charge on any atom is 0.418 e. The third-order valence-corrected chi connectivity index (χ3v) is 5.39. The number of alkyl halides is 3. The van der Waals surface area contributed by atoms with E-state index < -0.39 is 23.3 Å².